The van der Waals surface area contributed by atoms with Crippen LogP contribution < -0.4 is 0 Å². The molecule has 3 heterocycles. The number of ether oxygens (including phenoxy) is 3. The van der Waals surface area contributed by atoms with Gasteiger partial charge in [-0.15, -0.1) is 0 Å². The lowest BCUT2D eigenvalue weighted by molar-refractivity contribution is -0.195. The zero-order valence-electron chi connectivity index (χ0n) is 11.8. The first kappa shape index (κ1) is 12.2. The summed E-state index contributed by atoms with van der Waals surface area (Å²) in [5, 5.41) is 11.4. The number of hydrogen-bond acceptors (Lipinski definition) is 6. The van der Waals surface area contributed by atoms with Crippen LogP contribution in [0.3, 0.4) is 0 Å². The van der Waals surface area contributed by atoms with E-state index in [0.717, 1.165) is 5.57 Å². The molecule has 0 unspecified atom stereocenters. The molecule has 3 aliphatic heterocycles. The van der Waals surface area contributed by atoms with Crippen molar-refractivity contribution < 1.29 is 28.9 Å². The van der Waals surface area contributed by atoms with Crippen molar-refractivity contribution in [2.75, 3.05) is 0 Å². The topological polar surface area (TPSA) is 85.4 Å². The van der Waals surface area contributed by atoms with E-state index >= 15 is 0 Å². The lowest BCUT2D eigenvalue weighted by atomic mass is 9.53. The van der Waals surface area contributed by atoms with Crippen LogP contribution in [0.4, 0.5) is 0 Å². The molecule has 5 aliphatic rings. The predicted molar refractivity (Wildman–Crippen MR) is 66.8 cm³/mol. The van der Waals surface area contributed by atoms with Crippen LogP contribution in [-0.2, 0) is 23.8 Å². The normalized spacial score (nSPS) is 62.0. The van der Waals surface area contributed by atoms with Crippen LogP contribution in [0.25, 0.3) is 0 Å². The van der Waals surface area contributed by atoms with Crippen molar-refractivity contribution in [1.82, 2.24) is 0 Å². The maximum Gasteiger partial charge on any atom is 0.342 e. The summed E-state index contributed by atoms with van der Waals surface area (Å²) in [6.07, 6.45) is -1.34. The van der Waals surface area contributed by atoms with Crippen molar-refractivity contribution in [3.05, 3.63) is 12.2 Å². The van der Waals surface area contributed by atoms with Gasteiger partial charge in [-0.25, -0.2) is 4.79 Å². The van der Waals surface area contributed by atoms with E-state index in [-0.39, 0.29) is 18.4 Å². The molecule has 5 fully saturated rings. The summed E-state index contributed by atoms with van der Waals surface area (Å²) in [6.45, 7) is 7.55. The Morgan fingerprint density at radius 1 is 1.38 bits per heavy atom. The van der Waals surface area contributed by atoms with Gasteiger partial charge in [0.1, 0.15) is 12.2 Å². The number of epoxide rings is 1. The molecule has 6 nitrogen and oxygen atoms in total. The van der Waals surface area contributed by atoms with Gasteiger partial charge in [0.05, 0.1) is 16.9 Å². The Morgan fingerprint density at radius 2 is 2.10 bits per heavy atom. The van der Waals surface area contributed by atoms with E-state index in [2.05, 4.69) is 6.58 Å². The van der Waals surface area contributed by atoms with Crippen molar-refractivity contribution >= 4 is 11.9 Å². The van der Waals surface area contributed by atoms with Gasteiger partial charge < -0.3 is 19.3 Å². The molecule has 1 spiro atoms. The van der Waals surface area contributed by atoms with Crippen LogP contribution in [0.1, 0.15) is 20.3 Å². The van der Waals surface area contributed by atoms with E-state index in [1.807, 2.05) is 6.92 Å². The summed E-state index contributed by atoms with van der Waals surface area (Å²) in [5.74, 6) is -1.86. The molecule has 0 aromatic heterocycles. The van der Waals surface area contributed by atoms with Crippen molar-refractivity contribution in [2.45, 2.75) is 49.8 Å². The summed E-state index contributed by atoms with van der Waals surface area (Å²) in [6, 6.07) is 0. The van der Waals surface area contributed by atoms with E-state index in [0.29, 0.717) is 0 Å². The van der Waals surface area contributed by atoms with Crippen LogP contribution in [0.5, 0.6) is 0 Å². The van der Waals surface area contributed by atoms with E-state index in [1.54, 1.807) is 6.92 Å². The van der Waals surface area contributed by atoms with E-state index < -0.39 is 46.7 Å². The molecule has 2 saturated carbocycles. The van der Waals surface area contributed by atoms with Crippen LogP contribution >= 0.6 is 0 Å². The maximum absolute atomic E-state index is 12.3. The average molecular weight is 292 g/mol. The second-order valence-electron chi connectivity index (χ2n) is 7.25. The van der Waals surface area contributed by atoms with E-state index in [9.17, 15) is 14.7 Å². The summed E-state index contributed by atoms with van der Waals surface area (Å²) >= 11 is 0. The first-order valence-electron chi connectivity index (χ1n) is 7.26. The molecular weight excluding hydrogens is 276 g/mol. The number of fused-ring (bicyclic) bond motifs is 4. The molecule has 0 amide bonds. The van der Waals surface area contributed by atoms with Crippen LogP contribution in [0.15, 0.2) is 12.2 Å². The molecule has 0 aromatic rings. The van der Waals surface area contributed by atoms with E-state index in [4.69, 9.17) is 14.2 Å². The predicted octanol–water partition coefficient (Wildman–Crippen LogP) is -0.0620. The molecule has 21 heavy (non-hydrogen) atoms. The van der Waals surface area contributed by atoms with E-state index in [1.165, 1.54) is 0 Å². The largest absolute Gasteiger partial charge is 0.457 e. The SMILES string of the molecule is C=C(C)[C@@H]1[C@@H]2OC(=O)[C@H]1[C@]1(O)C[C@H]3O[C@]34C(=O)O[C@@H]2[C@@]14C. The number of aliphatic hydroxyl groups is 1. The van der Waals surface area contributed by atoms with Crippen molar-refractivity contribution in [3.8, 4) is 0 Å². The summed E-state index contributed by atoms with van der Waals surface area (Å²) in [4.78, 5) is 24.7. The highest BCUT2D eigenvalue weighted by Gasteiger charge is 2.95. The maximum atomic E-state index is 12.3. The first-order valence-corrected chi connectivity index (χ1v) is 7.26. The lowest BCUT2D eigenvalue weighted by Gasteiger charge is -2.51. The average Bonchev–Trinajstić information content (AvgIpc) is 2.86. The summed E-state index contributed by atoms with van der Waals surface area (Å²) < 4.78 is 16.6. The molecule has 2 aliphatic carbocycles. The molecule has 0 radical (unpaired) electrons. The molecular formula is C15H16O6. The molecule has 2 bridgehead atoms. The third-order valence-electron chi connectivity index (χ3n) is 6.60. The Labute approximate surface area is 121 Å². The van der Waals surface area contributed by atoms with Gasteiger partial charge in [0.2, 0.25) is 5.60 Å². The van der Waals surface area contributed by atoms with Crippen LogP contribution in [0, 0.1) is 17.3 Å². The van der Waals surface area contributed by atoms with Gasteiger partial charge in [0.15, 0.2) is 6.10 Å². The zero-order valence-corrected chi connectivity index (χ0v) is 11.8. The lowest BCUT2D eigenvalue weighted by Crippen LogP contribution is -2.66. The third kappa shape index (κ3) is 0.874. The van der Waals surface area contributed by atoms with Crippen LogP contribution in [-0.4, -0.2) is 46.6 Å². The van der Waals surface area contributed by atoms with Gasteiger partial charge in [0.25, 0.3) is 0 Å². The number of hydrogen-bond donors (Lipinski definition) is 1. The quantitative estimate of drug-likeness (QED) is 0.414. The fraction of sp³-hybridized carbons (Fsp3) is 0.733. The second kappa shape index (κ2) is 2.90. The van der Waals surface area contributed by atoms with Gasteiger partial charge in [0, 0.05) is 12.3 Å². The molecule has 5 rings (SSSR count). The van der Waals surface area contributed by atoms with Gasteiger partial charge >= 0.3 is 11.9 Å². The number of carbonyl (C=O) groups excluding carboxylic acids is 2. The number of rotatable bonds is 1. The Balaban J connectivity index is 1.78. The summed E-state index contributed by atoms with van der Waals surface area (Å²) in [7, 11) is 0. The van der Waals surface area contributed by atoms with Crippen molar-refractivity contribution in [3.63, 3.8) is 0 Å². The monoisotopic (exact) mass is 292 g/mol. The van der Waals surface area contributed by atoms with Gasteiger partial charge in [-0.2, -0.15) is 0 Å². The fourth-order valence-corrected chi connectivity index (χ4v) is 5.59. The molecule has 1 N–H and O–H groups in total. The Bertz CT molecular complexity index is 642. The molecule has 3 saturated heterocycles. The number of carbonyl (C=O) groups is 2. The Hall–Kier alpha value is -1.40. The second-order valence-corrected chi connectivity index (χ2v) is 7.25. The fourth-order valence-electron chi connectivity index (χ4n) is 5.59. The smallest absolute Gasteiger partial charge is 0.342 e. The molecule has 8 atom stereocenters. The van der Waals surface area contributed by atoms with Gasteiger partial charge in [-0.05, 0) is 13.8 Å². The van der Waals surface area contributed by atoms with Gasteiger partial charge in [-0.3, -0.25) is 4.79 Å². The highest BCUT2D eigenvalue weighted by Crippen LogP contribution is 2.76. The van der Waals surface area contributed by atoms with Crippen molar-refractivity contribution in [2.24, 2.45) is 17.3 Å². The first-order chi connectivity index (χ1) is 9.79. The minimum Gasteiger partial charge on any atom is -0.457 e. The Morgan fingerprint density at radius 3 is 2.76 bits per heavy atom. The minimum absolute atomic E-state index is 0.269. The highest BCUT2D eigenvalue weighted by molar-refractivity contribution is 5.91. The Kier molecular flexibility index (Phi) is 1.68. The molecule has 0 aromatic carbocycles. The minimum atomic E-state index is -1.35. The van der Waals surface area contributed by atoms with Crippen LogP contribution in [0.2, 0.25) is 0 Å². The molecule has 112 valence electrons. The van der Waals surface area contributed by atoms with Gasteiger partial charge in [-0.1, -0.05) is 12.2 Å². The third-order valence-corrected chi connectivity index (χ3v) is 6.60. The zero-order chi connectivity index (χ0) is 14.9. The summed E-state index contributed by atoms with van der Waals surface area (Å²) in [5.41, 5.74) is -2.60. The molecule has 6 heteroatoms. The number of esters is 2. The highest BCUT2D eigenvalue weighted by atomic mass is 16.7. The standard InChI is InChI=1S/C15H16O6/c1-5(2)7-8-11(16)19-9(7)10-13(3)14(8,18)4-6-15(13,21-6)12(17)20-10/h6-10,18H,1,4H2,2-3H3/t6-,7+,8+,9+,10+,13+,14-,15+/m1/s1. The van der Waals surface area contributed by atoms with Crippen molar-refractivity contribution in [1.29, 1.82) is 0 Å².